The van der Waals surface area contributed by atoms with Crippen LogP contribution in [0.25, 0.3) is 0 Å². The first-order valence-electron chi connectivity index (χ1n) is 6.61. The fraction of sp³-hybridized carbons (Fsp3) is 0.692. The standard InChI is InChI=1S/C13H22N4O/c1-11(2)12-9-15-13(10-14-12)17-5-3-16(4-6-17)7-8-18/h9-11,18H,3-8H2,1-2H3. The molecule has 1 aromatic rings. The summed E-state index contributed by atoms with van der Waals surface area (Å²) in [4.78, 5) is 13.5. The van der Waals surface area contributed by atoms with Crippen molar-refractivity contribution in [3.8, 4) is 0 Å². The van der Waals surface area contributed by atoms with Crippen molar-refractivity contribution in [2.24, 2.45) is 0 Å². The van der Waals surface area contributed by atoms with Crippen LogP contribution in [-0.4, -0.2) is 59.3 Å². The zero-order chi connectivity index (χ0) is 13.0. The van der Waals surface area contributed by atoms with Gasteiger partial charge in [-0.2, -0.15) is 0 Å². The smallest absolute Gasteiger partial charge is 0.147 e. The van der Waals surface area contributed by atoms with Crippen LogP contribution in [0.4, 0.5) is 5.82 Å². The molecule has 0 aliphatic carbocycles. The highest BCUT2D eigenvalue weighted by molar-refractivity contribution is 5.36. The molecule has 0 spiro atoms. The highest BCUT2D eigenvalue weighted by Gasteiger charge is 2.17. The van der Waals surface area contributed by atoms with E-state index in [2.05, 4.69) is 33.6 Å². The summed E-state index contributed by atoms with van der Waals surface area (Å²) in [6.45, 7) is 9.12. The van der Waals surface area contributed by atoms with E-state index in [-0.39, 0.29) is 6.61 Å². The second-order valence-corrected chi connectivity index (χ2v) is 5.01. The maximum absolute atomic E-state index is 8.91. The first kappa shape index (κ1) is 13.2. The third kappa shape index (κ3) is 3.17. The van der Waals surface area contributed by atoms with Crippen molar-refractivity contribution in [1.29, 1.82) is 0 Å². The normalized spacial score (nSPS) is 17.4. The molecule has 5 heteroatoms. The Hall–Kier alpha value is -1.20. The van der Waals surface area contributed by atoms with Gasteiger partial charge in [0.2, 0.25) is 0 Å². The Bertz CT molecular complexity index is 358. The molecular weight excluding hydrogens is 228 g/mol. The van der Waals surface area contributed by atoms with Gasteiger partial charge >= 0.3 is 0 Å². The minimum Gasteiger partial charge on any atom is -0.395 e. The largest absolute Gasteiger partial charge is 0.395 e. The Labute approximate surface area is 108 Å². The highest BCUT2D eigenvalue weighted by Crippen LogP contribution is 2.15. The van der Waals surface area contributed by atoms with Crippen molar-refractivity contribution in [3.05, 3.63) is 18.1 Å². The number of aromatic nitrogens is 2. The summed E-state index contributed by atoms with van der Waals surface area (Å²) < 4.78 is 0. The molecular formula is C13H22N4O. The Morgan fingerprint density at radius 1 is 1.17 bits per heavy atom. The third-order valence-electron chi connectivity index (χ3n) is 3.36. The maximum Gasteiger partial charge on any atom is 0.147 e. The van der Waals surface area contributed by atoms with Gasteiger partial charge in [-0.15, -0.1) is 0 Å². The molecule has 2 heterocycles. The van der Waals surface area contributed by atoms with E-state index < -0.39 is 0 Å². The molecule has 0 radical (unpaired) electrons. The molecule has 100 valence electrons. The van der Waals surface area contributed by atoms with E-state index in [4.69, 9.17) is 5.11 Å². The number of piperazine rings is 1. The van der Waals surface area contributed by atoms with Crippen molar-refractivity contribution in [1.82, 2.24) is 14.9 Å². The lowest BCUT2D eigenvalue weighted by atomic mass is 10.1. The summed E-state index contributed by atoms with van der Waals surface area (Å²) in [5.41, 5.74) is 1.04. The lowest BCUT2D eigenvalue weighted by Gasteiger charge is -2.34. The molecule has 0 atom stereocenters. The van der Waals surface area contributed by atoms with E-state index in [1.165, 1.54) is 0 Å². The summed E-state index contributed by atoms with van der Waals surface area (Å²) in [6.07, 6.45) is 3.75. The fourth-order valence-corrected chi connectivity index (χ4v) is 2.13. The second-order valence-electron chi connectivity index (χ2n) is 5.01. The van der Waals surface area contributed by atoms with Gasteiger partial charge in [-0.1, -0.05) is 13.8 Å². The van der Waals surface area contributed by atoms with Crippen LogP contribution in [0.2, 0.25) is 0 Å². The molecule has 1 saturated heterocycles. The summed E-state index contributed by atoms with van der Waals surface area (Å²) in [5.74, 6) is 1.39. The second kappa shape index (κ2) is 6.11. The van der Waals surface area contributed by atoms with Crippen LogP contribution in [0.15, 0.2) is 12.4 Å². The number of nitrogens with zero attached hydrogens (tertiary/aromatic N) is 4. The highest BCUT2D eigenvalue weighted by atomic mass is 16.3. The minimum atomic E-state index is 0.239. The van der Waals surface area contributed by atoms with Crippen molar-refractivity contribution in [2.45, 2.75) is 19.8 Å². The predicted molar refractivity (Wildman–Crippen MR) is 71.9 cm³/mol. The number of rotatable bonds is 4. The van der Waals surface area contributed by atoms with Gasteiger partial charge in [0, 0.05) is 32.7 Å². The molecule has 1 fully saturated rings. The summed E-state index contributed by atoms with van der Waals surface area (Å²) in [6, 6.07) is 0. The number of hydrogen-bond donors (Lipinski definition) is 1. The predicted octanol–water partition coefficient (Wildman–Crippen LogP) is 0.714. The molecule has 2 rings (SSSR count). The summed E-state index contributed by atoms with van der Waals surface area (Å²) in [5, 5.41) is 8.91. The SMILES string of the molecule is CC(C)c1cnc(N2CCN(CCO)CC2)cn1. The van der Waals surface area contributed by atoms with Gasteiger partial charge in [-0.25, -0.2) is 4.98 Å². The molecule has 0 bridgehead atoms. The molecule has 1 aromatic heterocycles. The molecule has 5 nitrogen and oxygen atoms in total. The van der Waals surface area contributed by atoms with Crippen molar-refractivity contribution in [3.63, 3.8) is 0 Å². The number of β-amino-alcohol motifs (C(OH)–C–C–N with tert-alkyl or cyclic N) is 1. The molecule has 18 heavy (non-hydrogen) atoms. The van der Waals surface area contributed by atoms with Gasteiger partial charge in [-0.3, -0.25) is 9.88 Å². The lowest BCUT2D eigenvalue weighted by molar-refractivity contribution is 0.188. The van der Waals surface area contributed by atoms with E-state index in [1.54, 1.807) is 0 Å². The molecule has 1 aliphatic heterocycles. The number of aliphatic hydroxyl groups excluding tert-OH is 1. The molecule has 1 N–H and O–H groups in total. The van der Waals surface area contributed by atoms with E-state index in [1.807, 2.05) is 12.4 Å². The van der Waals surface area contributed by atoms with Gasteiger partial charge in [0.25, 0.3) is 0 Å². The van der Waals surface area contributed by atoms with Crippen LogP contribution in [-0.2, 0) is 0 Å². The molecule has 0 unspecified atom stereocenters. The Balaban J connectivity index is 1.93. The van der Waals surface area contributed by atoms with Crippen LogP contribution in [0, 0.1) is 0 Å². The average Bonchev–Trinajstić information content (AvgIpc) is 2.40. The van der Waals surface area contributed by atoms with Crippen LogP contribution in [0.3, 0.4) is 0 Å². The topological polar surface area (TPSA) is 52.5 Å². The van der Waals surface area contributed by atoms with Gasteiger partial charge < -0.3 is 10.0 Å². The van der Waals surface area contributed by atoms with Gasteiger partial charge in [0.15, 0.2) is 0 Å². The zero-order valence-electron chi connectivity index (χ0n) is 11.2. The van der Waals surface area contributed by atoms with Gasteiger partial charge in [-0.05, 0) is 5.92 Å². The monoisotopic (exact) mass is 250 g/mol. The van der Waals surface area contributed by atoms with E-state index >= 15 is 0 Å². The van der Waals surface area contributed by atoms with Crippen molar-refractivity contribution in [2.75, 3.05) is 44.2 Å². The summed E-state index contributed by atoms with van der Waals surface area (Å²) in [7, 11) is 0. The molecule has 0 amide bonds. The molecule has 0 saturated carbocycles. The Kier molecular flexibility index (Phi) is 4.49. The van der Waals surface area contributed by atoms with E-state index in [9.17, 15) is 0 Å². The van der Waals surface area contributed by atoms with Crippen LogP contribution in [0.5, 0.6) is 0 Å². The average molecular weight is 250 g/mol. The third-order valence-corrected chi connectivity index (χ3v) is 3.36. The van der Waals surface area contributed by atoms with Gasteiger partial charge in [0.05, 0.1) is 24.7 Å². The number of hydrogen-bond acceptors (Lipinski definition) is 5. The summed E-state index contributed by atoms with van der Waals surface area (Å²) >= 11 is 0. The van der Waals surface area contributed by atoms with E-state index in [0.717, 1.165) is 44.2 Å². The fourth-order valence-electron chi connectivity index (χ4n) is 2.13. The quantitative estimate of drug-likeness (QED) is 0.853. The van der Waals surface area contributed by atoms with Crippen LogP contribution in [0.1, 0.15) is 25.5 Å². The van der Waals surface area contributed by atoms with Gasteiger partial charge in [0.1, 0.15) is 5.82 Å². The Morgan fingerprint density at radius 3 is 2.39 bits per heavy atom. The van der Waals surface area contributed by atoms with E-state index in [0.29, 0.717) is 5.92 Å². The lowest BCUT2D eigenvalue weighted by Crippen LogP contribution is -2.47. The minimum absolute atomic E-state index is 0.239. The number of aliphatic hydroxyl groups is 1. The molecule has 1 aliphatic rings. The van der Waals surface area contributed by atoms with Crippen molar-refractivity contribution >= 4 is 5.82 Å². The first-order chi connectivity index (χ1) is 8.70. The van der Waals surface area contributed by atoms with Crippen LogP contribution < -0.4 is 4.90 Å². The zero-order valence-corrected chi connectivity index (χ0v) is 11.2. The van der Waals surface area contributed by atoms with Crippen LogP contribution >= 0.6 is 0 Å². The number of anilines is 1. The Morgan fingerprint density at radius 2 is 1.89 bits per heavy atom. The first-order valence-corrected chi connectivity index (χ1v) is 6.61. The maximum atomic E-state index is 8.91. The van der Waals surface area contributed by atoms with Crippen molar-refractivity contribution < 1.29 is 5.11 Å². The molecule has 0 aromatic carbocycles.